The average molecular weight is 188 g/mol. The van der Waals surface area contributed by atoms with Gasteiger partial charge in [0, 0.05) is 27.2 Å². The number of nitrogens with one attached hydrogen (secondary N) is 1. The molecule has 0 fully saturated rings. The molecule has 0 heterocycles. The molecule has 0 unspecified atom stereocenters. The summed E-state index contributed by atoms with van der Waals surface area (Å²) in [5.41, 5.74) is -0.0413. The van der Waals surface area contributed by atoms with Crippen molar-refractivity contribution < 1.29 is 9.90 Å². The molecule has 0 aliphatic heterocycles. The maximum atomic E-state index is 11.1. The first-order chi connectivity index (χ1) is 5.89. The summed E-state index contributed by atoms with van der Waals surface area (Å²) < 4.78 is 0. The van der Waals surface area contributed by atoms with Crippen LogP contribution in [0, 0.1) is 5.41 Å². The summed E-state index contributed by atoms with van der Waals surface area (Å²) in [7, 11) is 3.41. The van der Waals surface area contributed by atoms with E-state index in [4.69, 9.17) is 5.11 Å². The van der Waals surface area contributed by atoms with Gasteiger partial charge in [0.1, 0.15) is 0 Å². The molecule has 0 rings (SSSR count). The highest BCUT2D eigenvalue weighted by atomic mass is 16.3. The van der Waals surface area contributed by atoms with Crippen LogP contribution in [-0.2, 0) is 0 Å². The molecule has 78 valence electrons. The second kappa shape index (κ2) is 5.07. The second-order valence-electron chi connectivity index (χ2n) is 4.19. The fourth-order valence-corrected chi connectivity index (χ4v) is 0.864. The van der Waals surface area contributed by atoms with Crippen molar-refractivity contribution in [2.24, 2.45) is 5.41 Å². The van der Waals surface area contributed by atoms with Gasteiger partial charge in [0.25, 0.3) is 0 Å². The highest BCUT2D eigenvalue weighted by Gasteiger charge is 2.18. The lowest BCUT2D eigenvalue weighted by Crippen LogP contribution is -2.40. The third kappa shape index (κ3) is 5.47. The normalized spacial score (nSPS) is 11.2. The lowest BCUT2D eigenvalue weighted by molar-refractivity contribution is 0.191. The fraction of sp³-hybridized carbons (Fsp3) is 0.889. The predicted molar refractivity (Wildman–Crippen MR) is 52.6 cm³/mol. The van der Waals surface area contributed by atoms with Gasteiger partial charge in [-0.2, -0.15) is 0 Å². The van der Waals surface area contributed by atoms with Crippen LogP contribution in [0.4, 0.5) is 4.79 Å². The van der Waals surface area contributed by atoms with E-state index in [2.05, 4.69) is 5.32 Å². The molecule has 2 amide bonds. The molecule has 4 heteroatoms. The lowest BCUT2D eigenvalue weighted by atomic mass is 9.90. The van der Waals surface area contributed by atoms with Crippen molar-refractivity contribution in [2.75, 3.05) is 27.2 Å². The highest BCUT2D eigenvalue weighted by Crippen LogP contribution is 2.17. The summed E-state index contributed by atoms with van der Waals surface area (Å²) >= 11 is 0. The van der Waals surface area contributed by atoms with Gasteiger partial charge in [-0.3, -0.25) is 0 Å². The molecule has 0 aromatic carbocycles. The van der Waals surface area contributed by atoms with Gasteiger partial charge in [0.2, 0.25) is 0 Å². The summed E-state index contributed by atoms with van der Waals surface area (Å²) in [6, 6.07) is -0.0917. The molecule has 0 bridgehead atoms. The standard InChI is InChI=1S/C9H20N2O2/c1-9(2,5-6-12)7-10-8(13)11(3)4/h12H,5-7H2,1-4H3,(H,10,13). The smallest absolute Gasteiger partial charge is 0.316 e. The molecule has 2 N–H and O–H groups in total. The summed E-state index contributed by atoms with van der Waals surface area (Å²) in [6.07, 6.45) is 0.695. The van der Waals surface area contributed by atoms with Crippen LogP contribution in [0.25, 0.3) is 0 Å². The molecular weight excluding hydrogens is 168 g/mol. The molecule has 0 saturated carbocycles. The Hall–Kier alpha value is -0.770. The zero-order valence-electron chi connectivity index (χ0n) is 8.92. The Morgan fingerprint density at radius 2 is 2.00 bits per heavy atom. The van der Waals surface area contributed by atoms with Gasteiger partial charge in [-0.25, -0.2) is 4.79 Å². The van der Waals surface area contributed by atoms with E-state index in [-0.39, 0.29) is 18.1 Å². The maximum absolute atomic E-state index is 11.1. The Morgan fingerprint density at radius 1 is 1.46 bits per heavy atom. The fourth-order valence-electron chi connectivity index (χ4n) is 0.864. The first-order valence-corrected chi connectivity index (χ1v) is 4.45. The Balaban J connectivity index is 3.80. The van der Waals surface area contributed by atoms with Crippen molar-refractivity contribution in [3.8, 4) is 0 Å². The van der Waals surface area contributed by atoms with Crippen LogP contribution in [0.3, 0.4) is 0 Å². The van der Waals surface area contributed by atoms with Gasteiger partial charge >= 0.3 is 6.03 Å². The van der Waals surface area contributed by atoms with Gasteiger partial charge in [-0.05, 0) is 11.8 Å². The minimum Gasteiger partial charge on any atom is -0.396 e. The van der Waals surface area contributed by atoms with E-state index in [1.54, 1.807) is 14.1 Å². The van der Waals surface area contributed by atoms with E-state index in [9.17, 15) is 4.79 Å². The summed E-state index contributed by atoms with van der Waals surface area (Å²) in [6.45, 7) is 4.77. The van der Waals surface area contributed by atoms with Crippen molar-refractivity contribution in [2.45, 2.75) is 20.3 Å². The summed E-state index contributed by atoms with van der Waals surface area (Å²) in [5, 5.41) is 11.5. The minimum atomic E-state index is -0.0917. The first-order valence-electron chi connectivity index (χ1n) is 4.45. The number of urea groups is 1. The molecule has 0 spiro atoms. The van der Waals surface area contributed by atoms with Crippen molar-refractivity contribution >= 4 is 6.03 Å². The first kappa shape index (κ1) is 12.2. The number of nitrogens with zero attached hydrogens (tertiary/aromatic N) is 1. The van der Waals surface area contributed by atoms with Crippen LogP contribution in [0.1, 0.15) is 20.3 Å². The minimum absolute atomic E-state index is 0.0413. The monoisotopic (exact) mass is 188 g/mol. The molecule has 0 aliphatic carbocycles. The van der Waals surface area contributed by atoms with Gasteiger partial charge in [-0.1, -0.05) is 13.8 Å². The number of carbonyl (C=O) groups is 1. The number of aliphatic hydroxyl groups excluding tert-OH is 1. The molecule has 4 nitrogen and oxygen atoms in total. The van der Waals surface area contributed by atoms with E-state index in [1.165, 1.54) is 4.90 Å². The topological polar surface area (TPSA) is 52.6 Å². The molecule has 0 aromatic heterocycles. The van der Waals surface area contributed by atoms with Gasteiger partial charge in [0.15, 0.2) is 0 Å². The quantitative estimate of drug-likeness (QED) is 0.681. The van der Waals surface area contributed by atoms with Crippen LogP contribution in [0.15, 0.2) is 0 Å². The van der Waals surface area contributed by atoms with Gasteiger partial charge in [-0.15, -0.1) is 0 Å². The Bertz CT molecular complexity index is 167. The molecule has 0 aliphatic rings. The van der Waals surface area contributed by atoms with E-state index in [1.807, 2.05) is 13.8 Å². The number of rotatable bonds is 4. The van der Waals surface area contributed by atoms with Crippen LogP contribution in [-0.4, -0.2) is 43.3 Å². The van der Waals surface area contributed by atoms with E-state index in [0.29, 0.717) is 13.0 Å². The largest absolute Gasteiger partial charge is 0.396 e. The molecule has 0 saturated heterocycles. The number of amides is 2. The zero-order chi connectivity index (χ0) is 10.5. The lowest BCUT2D eigenvalue weighted by Gasteiger charge is -2.24. The van der Waals surface area contributed by atoms with Gasteiger partial charge in [0.05, 0.1) is 0 Å². The average Bonchev–Trinajstić information content (AvgIpc) is 2.00. The molecular formula is C9H20N2O2. The SMILES string of the molecule is CN(C)C(=O)NCC(C)(C)CCO. The second-order valence-corrected chi connectivity index (χ2v) is 4.19. The molecule has 0 atom stereocenters. The van der Waals surface area contributed by atoms with Crippen LogP contribution >= 0.6 is 0 Å². The number of aliphatic hydroxyl groups is 1. The summed E-state index contributed by atoms with van der Waals surface area (Å²) in [4.78, 5) is 12.6. The Kier molecular flexibility index (Phi) is 4.77. The van der Waals surface area contributed by atoms with E-state index < -0.39 is 0 Å². The molecule has 13 heavy (non-hydrogen) atoms. The Labute approximate surface area is 79.9 Å². The Morgan fingerprint density at radius 3 is 2.38 bits per heavy atom. The van der Waals surface area contributed by atoms with Gasteiger partial charge < -0.3 is 15.3 Å². The summed E-state index contributed by atoms with van der Waals surface area (Å²) in [5.74, 6) is 0. The van der Waals surface area contributed by atoms with Crippen LogP contribution in [0.5, 0.6) is 0 Å². The van der Waals surface area contributed by atoms with Crippen LogP contribution in [0.2, 0.25) is 0 Å². The highest BCUT2D eigenvalue weighted by molar-refractivity contribution is 5.73. The van der Waals surface area contributed by atoms with E-state index in [0.717, 1.165) is 0 Å². The molecule has 0 aromatic rings. The third-order valence-corrected chi connectivity index (χ3v) is 1.91. The third-order valence-electron chi connectivity index (χ3n) is 1.91. The van der Waals surface area contributed by atoms with Crippen molar-refractivity contribution in [1.82, 2.24) is 10.2 Å². The van der Waals surface area contributed by atoms with Crippen molar-refractivity contribution in [3.05, 3.63) is 0 Å². The van der Waals surface area contributed by atoms with E-state index >= 15 is 0 Å². The van der Waals surface area contributed by atoms with Crippen LogP contribution < -0.4 is 5.32 Å². The number of carbonyl (C=O) groups excluding carboxylic acids is 1. The number of hydrogen-bond donors (Lipinski definition) is 2. The zero-order valence-corrected chi connectivity index (χ0v) is 8.92. The molecule has 0 radical (unpaired) electrons. The number of hydrogen-bond acceptors (Lipinski definition) is 2. The predicted octanol–water partition coefficient (Wildman–Crippen LogP) is 0.666. The van der Waals surface area contributed by atoms with Crippen molar-refractivity contribution in [1.29, 1.82) is 0 Å². The maximum Gasteiger partial charge on any atom is 0.316 e. The van der Waals surface area contributed by atoms with Crippen molar-refractivity contribution in [3.63, 3.8) is 0 Å².